The summed E-state index contributed by atoms with van der Waals surface area (Å²) in [5.74, 6) is -2.25. The summed E-state index contributed by atoms with van der Waals surface area (Å²) in [6.07, 6.45) is 52.9. The summed E-state index contributed by atoms with van der Waals surface area (Å²) in [6, 6.07) is 0. The Labute approximate surface area is 415 Å². The highest BCUT2D eigenvalue weighted by Gasteiger charge is 2.22. The lowest BCUT2D eigenvalue weighted by Crippen LogP contribution is -2.44. The van der Waals surface area contributed by atoms with Crippen LogP contribution in [0.2, 0.25) is 0 Å². The Morgan fingerprint density at radius 1 is 0.388 bits per heavy atom. The third kappa shape index (κ3) is 52.0. The van der Waals surface area contributed by atoms with E-state index >= 15 is 0 Å². The number of hydrogen-bond donors (Lipinski definition) is 0. The van der Waals surface area contributed by atoms with Gasteiger partial charge in [-0.2, -0.15) is 0 Å². The smallest absolute Gasteiger partial charge is 0.306 e. The van der Waals surface area contributed by atoms with Crippen LogP contribution in [-0.2, 0) is 33.3 Å². The average molecular weight is 953 g/mol. The van der Waals surface area contributed by atoms with E-state index in [2.05, 4.69) is 13.8 Å². The zero-order valence-corrected chi connectivity index (χ0v) is 45.3. The number of carbonyl (C=O) groups excluding carboxylic acids is 3. The molecule has 0 saturated heterocycles. The van der Waals surface area contributed by atoms with Gasteiger partial charge in [-0.1, -0.05) is 271 Å². The minimum Gasteiger partial charge on any atom is -0.545 e. The van der Waals surface area contributed by atoms with Gasteiger partial charge in [0.05, 0.1) is 40.3 Å². The highest BCUT2D eigenvalue weighted by atomic mass is 16.7. The Morgan fingerprint density at radius 3 is 0.955 bits per heavy atom. The van der Waals surface area contributed by atoms with Crippen molar-refractivity contribution in [3.63, 3.8) is 0 Å². The van der Waals surface area contributed by atoms with Gasteiger partial charge in [0.2, 0.25) is 0 Å². The van der Waals surface area contributed by atoms with Gasteiger partial charge in [-0.25, -0.2) is 0 Å². The molecule has 0 aliphatic heterocycles. The molecule has 398 valence electrons. The lowest BCUT2D eigenvalue weighted by molar-refractivity contribution is -0.870. The topological polar surface area (TPSA) is 111 Å². The van der Waals surface area contributed by atoms with Crippen molar-refractivity contribution in [1.82, 2.24) is 0 Å². The van der Waals surface area contributed by atoms with E-state index in [1.54, 1.807) is 0 Å². The normalized spacial score (nSPS) is 12.7. The van der Waals surface area contributed by atoms with Gasteiger partial charge in [0.1, 0.15) is 13.2 Å². The maximum atomic E-state index is 12.9. The lowest BCUT2D eigenvalue weighted by Gasteiger charge is -2.26. The average Bonchev–Trinajstić information content (AvgIpc) is 3.29. The molecule has 0 N–H and O–H groups in total. The largest absolute Gasteiger partial charge is 0.545 e. The number of carboxylic acid groups (broad SMARTS) is 1. The first-order chi connectivity index (χ1) is 32.6. The van der Waals surface area contributed by atoms with E-state index in [4.69, 9.17) is 18.9 Å². The molecule has 9 nitrogen and oxygen atoms in total. The number of unbranched alkanes of at least 4 members (excludes halogenated alkanes) is 40. The number of esters is 2. The summed E-state index contributed by atoms with van der Waals surface area (Å²) in [5, 5.41) is 11.8. The molecule has 0 aliphatic carbocycles. The fraction of sp³-hybridized carbons (Fsp3) is 0.948. The number of hydrogen-bond acceptors (Lipinski definition) is 8. The zero-order valence-electron chi connectivity index (χ0n) is 45.3. The Bertz CT molecular complexity index is 1060. The van der Waals surface area contributed by atoms with Gasteiger partial charge < -0.3 is 33.3 Å². The molecule has 0 heterocycles. The van der Waals surface area contributed by atoms with Crippen molar-refractivity contribution in [3.05, 3.63) is 0 Å². The molecule has 0 aromatic rings. The number of likely N-dealkylation sites (N-methyl/N-ethyl adjacent to an activating group) is 1. The molecule has 0 radical (unpaired) electrons. The summed E-state index contributed by atoms with van der Waals surface area (Å²) < 4.78 is 22.7. The van der Waals surface area contributed by atoms with Crippen LogP contribution in [0.4, 0.5) is 0 Å². The van der Waals surface area contributed by atoms with Crippen LogP contribution in [-0.4, -0.2) is 82.3 Å². The monoisotopic (exact) mass is 952 g/mol. The Kier molecular flexibility index (Phi) is 49.4. The van der Waals surface area contributed by atoms with Crippen LogP contribution in [0.15, 0.2) is 0 Å². The van der Waals surface area contributed by atoms with E-state index in [9.17, 15) is 19.5 Å². The van der Waals surface area contributed by atoms with Crippen molar-refractivity contribution < 1.29 is 42.9 Å². The molecular weight excluding hydrogens is 839 g/mol. The van der Waals surface area contributed by atoms with E-state index < -0.39 is 24.3 Å². The van der Waals surface area contributed by atoms with Crippen molar-refractivity contribution in [2.45, 2.75) is 309 Å². The number of carboxylic acids is 1. The van der Waals surface area contributed by atoms with Gasteiger partial charge in [-0.15, -0.1) is 0 Å². The molecule has 0 rings (SSSR count). The highest BCUT2D eigenvalue weighted by molar-refractivity contribution is 5.70. The molecule has 0 bridgehead atoms. The van der Waals surface area contributed by atoms with Crippen LogP contribution in [0.25, 0.3) is 0 Å². The summed E-state index contributed by atoms with van der Waals surface area (Å²) in [5.41, 5.74) is 0. The third-order valence-electron chi connectivity index (χ3n) is 13.4. The van der Waals surface area contributed by atoms with Crippen molar-refractivity contribution in [2.75, 3.05) is 47.5 Å². The molecule has 0 fully saturated rings. The van der Waals surface area contributed by atoms with Gasteiger partial charge in [0.15, 0.2) is 12.4 Å². The molecule has 2 unspecified atom stereocenters. The van der Waals surface area contributed by atoms with Crippen LogP contribution in [0.3, 0.4) is 0 Å². The number of carbonyl (C=O) groups is 3. The van der Waals surface area contributed by atoms with Gasteiger partial charge in [0.25, 0.3) is 0 Å². The Balaban J connectivity index is 4.19. The fourth-order valence-electron chi connectivity index (χ4n) is 8.83. The highest BCUT2D eigenvalue weighted by Crippen LogP contribution is 2.18. The summed E-state index contributed by atoms with van der Waals surface area (Å²) >= 11 is 0. The van der Waals surface area contributed by atoms with Crippen LogP contribution in [0.5, 0.6) is 0 Å². The summed E-state index contributed by atoms with van der Waals surface area (Å²) in [4.78, 5) is 37.3. The Morgan fingerprint density at radius 2 is 0.672 bits per heavy atom. The van der Waals surface area contributed by atoms with Gasteiger partial charge in [-0.05, 0) is 12.8 Å². The first-order valence-corrected chi connectivity index (χ1v) is 29.2. The van der Waals surface area contributed by atoms with Gasteiger partial charge >= 0.3 is 11.9 Å². The van der Waals surface area contributed by atoms with E-state index in [1.807, 2.05) is 21.1 Å². The van der Waals surface area contributed by atoms with Crippen LogP contribution >= 0.6 is 0 Å². The molecule has 0 aromatic heterocycles. The molecule has 9 heteroatoms. The molecule has 0 saturated carbocycles. The second kappa shape index (κ2) is 50.7. The van der Waals surface area contributed by atoms with E-state index in [-0.39, 0.29) is 32.2 Å². The first-order valence-electron chi connectivity index (χ1n) is 29.2. The molecule has 0 spiro atoms. The molecule has 0 amide bonds. The van der Waals surface area contributed by atoms with Crippen molar-refractivity contribution >= 4 is 17.9 Å². The zero-order chi connectivity index (χ0) is 49.2. The minimum absolute atomic E-state index is 0.153. The number of quaternary nitrogens is 1. The molecule has 67 heavy (non-hydrogen) atoms. The standard InChI is InChI=1S/C58H113NO8/c1-6-8-10-12-14-16-18-20-22-24-26-27-28-29-31-33-35-37-39-41-43-45-47-49-56(61)67-54(53-66-58(57(62)63)64-51-50-59(3,4)5)52-65-55(60)48-46-44-42-40-38-36-34-32-30-25-23-21-19-17-15-13-11-9-7-2/h54,58H,6-53H2,1-5H3. The van der Waals surface area contributed by atoms with Crippen molar-refractivity contribution in [1.29, 1.82) is 0 Å². The summed E-state index contributed by atoms with van der Waals surface area (Å²) in [6.45, 7) is 4.82. The maximum absolute atomic E-state index is 12.9. The van der Waals surface area contributed by atoms with E-state index in [0.29, 0.717) is 17.4 Å². The number of aliphatic carboxylic acids is 1. The van der Waals surface area contributed by atoms with Crippen molar-refractivity contribution in [2.24, 2.45) is 0 Å². The van der Waals surface area contributed by atoms with Crippen molar-refractivity contribution in [3.8, 4) is 0 Å². The molecule has 0 aliphatic rings. The predicted octanol–water partition coefficient (Wildman–Crippen LogP) is 15.5. The quantitative estimate of drug-likeness (QED) is 0.0256. The molecule has 2 atom stereocenters. The predicted molar refractivity (Wildman–Crippen MR) is 279 cm³/mol. The van der Waals surface area contributed by atoms with Crippen LogP contribution in [0.1, 0.15) is 296 Å². The second-order valence-electron chi connectivity index (χ2n) is 21.3. The SMILES string of the molecule is CCCCCCCCCCCCCCCCCCCCCCCCCC(=O)OC(COC(=O)CCCCCCCCCCCCCCCCCCCCC)COC(OCC[N+](C)(C)C)C(=O)[O-]. The van der Waals surface area contributed by atoms with Crippen LogP contribution < -0.4 is 5.11 Å². The minimum atomic E-state index is -1.61. The summed E-state index contributed by atoms with van der Waals surface area (Å²) in [7, 11) is 5.94. The van der Waals surface area contributed by atoms with Gasteiger partial charge in [0, 0.05) is 12.8 Å². The van der Waals surface area contributed by atoms with E-state index in [1.165, 1.54) is 231 Å². The Hall–Kier alpha value is -1.71. The van der Waals surface area contributed by atoms with Gasteiger partial charge in [-0.3, -0.25) is 9.59 Å². The fourth-order valence-corrected chi connectivity index (χ4v) is 8.83. The van der Waals surface area contributed by atoms with E-state index in [0.717, 1.165) is 38.5 Å². The van der Waals surface area contributed by atoms with Crippen LogP contribution in [0, 0.1) is 0 Å². The maximum Gasteiger partial charge on any atom is 0.306 e. The molecule has 0 aromatic carbocycles. The lowest BCUT2D eigenvalue weighted by atomic mass is 10.0. The number of nitrogens with zero attached hydrogens (tertiary/aromatic N) is 1. The third-order valence-corrected chi connectivity index (χ3v) is 13.4. The first kappa shape index (κ1) is 65.3. The second-order valence-corrected chi connectivity index (χ2v) is 21.3. The molecular formula is C58H113NO8. The number of ether oxygens (including phenoxy) is 4. The number of rotatable bonds is 55.